The number of hydrogen-bond donors (Lipinski definition) is 0. The van der Waals surface area contributed by atoms with Crippen LogP contribution in [0.3, 0.4) is 0 Å². The van der Waals surface area contributed by atoms with Gasteiger partial charge < -0.3 is 0 Å². The monoisotopic (exact) mass is 345 g/mol. The Bertz CT molecular complexity index is 979. The van der Waals surface area contributed by atoms with E-state index in [1.54, 1.807) is 36.4 Å². The van der Waals surface area contributed by atoms with Gasteiger partial charge in [-0.25, -0.2) is 22.0 Å². The lowest BCUT2D eigenvalue weighted by atomic mass is 10.0. The van der Waals surface area contributed by atoms with E-state index in [9.17, 15) is 22.0 Å². The molecule has 1 aliphatic rings. The third-order valence-electron chi connectivity index (χ3n) is 4.10. The first-order valence-electron chi connectivity index (χ1n) is 7.29. The van der Waals surface area contributed by atoms with Crippen LogP contribution in [0.2, 0.25) is 0 Å². The van der Waals surface area contributed by atoms with Crippen LogP contribution in [0.15, 0.2) is 42.6 Å². The van der Waals surface area contributed by atoms with Gasteiger partial charge in [-0.05, 0) is 23.3 Å². The summed E-state index contributed by atoms with van der Waals surface area (Å²) in [7, 11) is 0. The van der Waals surface area contributed by atoms with E-state index in [2.05, 4.69) is 4.98 Å². The Morgan fingerprint density at radius 1 is 0.640 bits per heavy atom. The maximum atomic E-state index is 14.0. The Morgan fingerprint density at radius 2 is 1.20 bits per heavy atom. The molecule has 1 aromatic heterocycles. The largest absolute Gasteiger partial charge is 0.256 e. The zero-order valence-corrected chi connectivity index (χ0v) is 12.5. The molecule has 0 bridgehead atoms. The highest BCUT2D eigenvalue weighted by Crippen LogP contribution is 2.44. The van der Waals surface area contributed by atoms with Gasteiger partial charge in [-0.2, -0.15) is 0 Å². The fourth-order valence-electron chi connectivity index (χ4n) is 2.96. The minimum Gasteiger partial charge on any atom is -0.256 e. The van der Waals surface area contributed by atoms with Crippen LogP contribution >= 0.6 is 0 Å². The summed E-state index contributed by atoms with van der Waals surface area (Å²) in [6.07, 6.45) is 2.45. The van der Waals surface area contributed by atoms with E-state index in [1.165, 1.54) is 6.20 Å². The minimum absolute atomic E-state index is 0.300. The summed E-state index contributed by atoms with van der Waals surface area (Å²) in [5.74, 6) is -9.87. The molecule has 124 valence electrons. The van der Waals surface area contributed by atoms with Crippen molar-refractivity contribution in [1.29, 1.82) is 0 Å². The van der Waals surface area contributed by atoms with Gasteiger partial charge in [0.1, 0.15) is 0 Å². The summed E-state index contributed by atoms with van der Waals surface area (Å²) in [6.45, 7) is 0. The zero-order chi connectivity index (χ0) is 17.7. The van der Waals surface area contributed by atoms with Crippen molar-refractivity contribution in [2.24, 2.45) is 0 Å². The Morgan fingerprint density at radius 3 is 1.88 bits per heavy atom. The molecule has 6 heteroatoms. The van der Waals surface area contributed by atoms with Crippen molar-refractivity contribution >= 4 is 11.6 Å². The van der Waals surface area contributed by atoms with E-state index in [4.69, 9.17) is 0 Å². The molecule has 4 rings (SSSR count). The lowest BCUT2D eigenvalue weighted by Gasteiger charge is -2.07. The number of halogens is 5. The van der Waals surface area contributed by atoms with Crippen molar-refractivity contribution in [3.63, 3.8) is 0 Å². The molecule has 0 atom stereocenters. The predicted octanol–water partition coefficient (Wildman–Crippen LogP) is 5.35. The van der Waals surface area contributed by atoms with Crippen LogP contribution in [-0.4, -0.2) is 4.98 Å². The summed E-state index contributed by atoms with van der Waals surface area (Å²) < 4.78 is 68.2. The van der Waals surface area contributed by atoms with Crippen molar-refractivity contribution in [2.75, 3.05) is 0 Å². The number of pyridine rings is 1. The molecule has 1 aliphatic carbocycles. The van der Waals surface area contributed by atoms with Crippen LogP contribution in [-0.2, 0) is 0 Å². The summed E-state index contributed by atoms with van der Waals surface area (Å²) >= 11 is 0. The van der Waals surface area contributed by atoms with Crippen LogP contribution < -0.4 is 0 Å². The number of aromatic nitrogens is 1. The van der Waals surface area contributed by atoms with Crippen LogP contribution in [0.4, 0.5) is 22.0 Å². The molecule has 1 heterocycles. The van der Waals surface area contributed by atoms with Crippen LogP contribution in [0.25, 0.3) is 22.8 Å². The lowest BCUT2D eigenvalue weighted by Crippen LogP contribution is -2.04. The molecule has 3 aromatic rings. The first-order chi connectivity index (χ1) is 12.0. The highest BCUT2D eigenvalue weighted by molar-refractivity contribution is 6.05. The second kappa shape index (κ2) is 5.51. The lowest BCUT2D eigenvalue weighted by molar-refractivity contribution is 0.377. The molecule has 0 amide bonds. The summed E-state index contributed by atoms with van der Waals surface area (Å²) in [6, 6.07) is 10.5. The molecule has 0 spiro atoms. The van der Waals surface area contributed by atoms with Gasteiger partial charge >= 0.3 is 0 Å². The molecule has 0 N–H and O–H groups in total. The smallest absolute Gasteiger partial charge is 0.200 e. The van der Waals surface area contributed by atoms with E-state index in [-0.39, 0.29) is 0 Å². The molecular formula is C19H8F5N. The van der Waals surface area contributed by atoms with Crippen LogP contribution in [0, 0.1) is 29.1 Å². The average molecular weight is 345 g/mol. The number of rotatable bonds is 1. The molecular weight excluding hydrogens is 337 g/mol. The molecule has 25 heavy (non-hydrogen) atoms. The van der Waals surface area contributed by atoms with Crippen molar-refractivity contribution in [3.05, 3.63) is 88.5 Å². The van der Waals surface area contributed by atoms with Gasteiger partial charge in [0, 0.05) is 17.3 Å². The quantitative estimate of drug-likeness (QED) is 0.258. The van der Waals surface area contributed by atoms with Crippen molar-refractivity contribution in [1.82, 2.24) is 4.98 Å². The fourth-order valence-corrected chi connectivity index (χ4v) is 2.96. The highest BCUT2D eigenvalue weighted by atomic mass is 19.2. The summed E-state index contributed by atoms with van der Waals surface area (Å²) in [5.41, 5.74) is 1.86. The van der Waals surface area contributed by atoms with Crippen molar-refractivity contribution in [3.8, 4) is 11.1 Å². The normalized spacial score (nSPS) is 13.9. The van der Waals surface area contributed by atoms with Gasteiger partial charge in [-0.1, -0.05) is 30.3 Å². The van der Waals surface area contributed by atoms with Crippen molar-refractivity contribution < 1.29 is 22.0 Å². The molecule has 0 saturated carbocycles. The molecule has 0 aliphatic heterocycles. The van der Waals surface area contributed by atoms with Gasteiger partial charge in [-0.15, -0.1) is 0 Å². The first kappa shape index (κ1) is 15.5. The summed E-state index contributed by atoms with van der Waals surface area (Å²) in [5, 5.41) is 0. The van der Waals surface area contributed by atoms with Gasteiger partial charge in [0.25, 0.3) is 0 Å². The number of benzene rings is 2. The molecule has 0 unspecified atom stereocenters. The number of hydrogen-bond acceptors (Lipinski definition) is 1. The van der Waals surface area contributed by atoms with Gasteiger partial charge in [0.15, 0.2) is 23.3 Å². The Balaban J connectivity index is 2.04. The molecule has 0 radical (unpaired) electrons. The maximum Gasteiger partial charge on any atom is 0.200 e. The zero-order valence-electron chi connectivity index (χ0n) is 12.5. The topological polar surface area (TPSA) is 12.9 Å². The van der Waals surface area contributed by atoms with E-state index in [0.717, 1.165) is 17.2 Å². The SMILES string of the molecule is Fc1c(F)c(F)c(/C=C2\c3ccccc3-c3cccnc32)c(F)c1F. The van der Waals surface area contributed by atoms with Crippen LogP contribution in [0.1, 0.15) is 16.8 Å². The average Bonchev–Trinajstić information content (AvgIpc) is 2.96. The van der Waals surface area contributed by atoms with E-state index >= 15 is 0 Å². The van der Waals surface area contributed by atoms with Gasteiger partial charge in [0.2, 0.25) is 5.82 Å². The minimum atomic E-state index is -2.18. The van der Waals surface area contributed by atoms with E-state index < -0.39 is 34.6 Å². The fraction of sp³-hybridized carbons (Fsp3) is 0. The van der Waals surface area contributed by atoms with Crippen LogP contribution in [0.5, 0.6) is 0 Å². The Labute approximate surface area is 139 Å². The molecule has 1 nitrogen and oxygen atoms in total. The second-order valence-electron chi connectivity index (χ2n) is 5.49. The van der Waals surface area contributed by atoms with Gasteiger partial charge in [-0.3, -0.25) is 4.98 Å². The number of fused-ring (bicyclic) bond motifs is 3. The van der Waals surface area contributed by atoms with E-state index in [1.807, 2.05) is 0 Å². The molecule has 0 saturated heterocycles. The first-order valence-corrected chi connectivity index (χ1v) is 7.29. The third-order valence-corrected chi connectivity index (χ3v) is 4.10. The standard InChI is InChI=1S/C19H8F5N/c20-14-13(15(21)17(23)18(24)16(14)22)8-12-10-5-2-1-4-9(10)11-6-3-7-25-19(11)12/h1-8H/b12-8+. The highest BCUT2D eigenvalue weighted by Gasteiger charge is 2.28. The predicted molar refractivity (Wildman–Crippen MR) is 82.9 cm³/mol. The maximum absolute atomic E-state index is 14.0. The third kappa shape index (κ3) is 2.17. The Kier molecular flexibility index (Phi) is 3.42. The Hall–Kier alpha value is -3.02. The summed E-state index contributed by atoms with van der Waals surface area (Å²) in [4.78, 5) is 4.20. The molecule has 0 fully saturated rings. The number of nitrogens with zero attached hydrogens (tertiary/aromatic N) is 1. The second-order valence-corrected chi connectivity index (χ2v) is 5.49. The van der Waals surface area contributed by atoms with Gasteiger partial charge in [0.05, 0.1) is 11.3 Å². The molecule has 2 aromatic carbocycles. The van der Waals surface area contributed by atoms with E-state index in [0.29, 0.717) is 16.8 Å². The van der Waals surface area contributed by atoms with Crippen molar-refractivity contribution in [2.45, 2.75) is 0 Å².